The lowest BCUT2D eigenvalue weighted by atomic mass is 10.1. The molecule has 15 heavy (non-hydrogen) atoms. The van der Waals surface area contributed by atoms with Gasteiger partial charge >= 0.3 is 0 Å². The molecular formula is C11H17N3O. The summed E-state index contributed by atoms with van der Waals surface area (Å²) in [6.07, 6.45) is 1.02. The Morgan fingerprint density at radius 2 is 2.13 bits per heavy atom. The van der Waals surface area contributed by atoms with Gasteiger partial charge in [0.15, 0.2) is 0 Å². The third kappa shape index (κ3) is 2.62. The van der Waals surface area contributed by atoms with Crippen LogP contribution < -0.4 is 16.8 Å². The first-order valence-corrected chi connectivity index (χ1v) is 5.00. The highest BCUT2D eigenvalue weighted by atomic mass is 16.1. The summed E-state index contributed by atoms with van der Waals surface area (Å²) in [5.41, 5.74) is 13.9. The van der Waals surface area contributed by atoms with E-state index >= 15 is 0 Å². The van der Waals surface area contributed by atoms with E-state index in [9.17, 15) is 4.79 Å². The molecule has 0 saturated heterocycles. The first kappa shape index (κ1) is 11.4. The number of primary amides is 1. The highest BCUT2D eigenvalue weighted by Gasteiger charge is 2.08. The molecule has 1 rings (SSSR count). The summed E-state index contributed by atoms with van der Waals surface area (Å²) in [7, 11) is 0. The van der Waals surface area contributed by atoms with Crippen LogP contribution in [0.15, 0.2) is 12.1 Å². The molecule has 1 amide bonds. The average Bonchev–Trinajstić information content (AvgIpc) is 2.16. The van der Waals surface area contributed by atoms with Crippen molar-refractivity contribution in [3.8, 4) is 0 Å². The van der Waals surface area contributed by atoms with E-state index in [0.29, 0.717) is 11.3 Å². The Labute approximate surface area is 89.6 Å². The van der Waals surface area contributed by atoms with Crippen LogP contribution in [0, 0.1) is 6.92 Å². The number of benzene rings is 1. The SMILES string of the molecule is CCCNc1c(C)cc(C(N)=O)cc1N. The average molecular weight is 207 g/mol. The molecule has 0 fully saturated rings. The van der Waals surface area contributed by atoms with E-state index in [0.717, 1.165) is 24.2 Å². The molecule has 5 N–H and O–H groups in total. The predicted molar refractivity (Wildman–Crippen MR) is 62.9 cm³/mol. The van der Waals surface area contributed by atoms with Crippen molar-refractivity contribution in [2.75, 3.05) is 17.6 Å². The standard InChI is InChI=1S/C11H17N3O/c1-3-4-14-10-7(2)5-8(11(13)15)6-9(10)12/h5-6,14H,3-4,12H2,1-2H3,(H2,13,15). The number of amides is 1. The third-order valence-electron chi connectivity index (χ3n) is 2.20. The van der Waals surface area contributed by atoms with Crippen molar-refractivity contribution in [1.29, 1.82) is 0 Å². The molecule has 4 heteroatoms. The first-order valence-electron chi connectivity index (χ1n) is 5.00. The van der Waals surface area contributed by atoms with Gasteiger partial charge in [-0.2, -0.15) is 0 Å². The van der Waals surface area contributed by atoms with E-state index < -0.39 is 5.91 Å². The molecule has 0 radical (unpaired) electrons. The van der Waals surface area contributed by atoms with Gasteiger partial charge < -0.3 is 16.8 Å². The highest BCUT2D eigenvalue weighted by Crippen LogP contribution is 2.24. The lowest BCUT2D eigenvalue weighted by Gasteiger charge is -2.12. The number of nitrogens with one attached hydrogen (secondary N) is 1. The quantitative estimate of drug-likeness (QED) is 0.654. The Bertz CT molecular complexity index is 351. The number of aryl methyl sites for hydroxylation is 1. The summed E-state index contributed by atoms with van der Waals surface area (Å²) in [4.78, 5) is 11.0. The Morgan fingerprint density at radius 1 is 1.47 bits per heavy atom. The molecular weight excluding hydrogens is 190 g/mol. The zero-order valence-corrected chi connectivity index (χ0v) is 9.13. The monoisotopic (exact) mass is 207 g/mol. The van der Waals surface area contributed by atoms with E-state index in [1.54, 1.807) is 12.1 Å². The lowest BCUT2D eigenvalue weighted by molar-refractivity contribution is 0.100. The largest absolute Gasteiger partial charge is 0.397 e. The molecule has 1 aromatic rings. The van der Waals surface area contributed by atoms with Crippen molar-refractivity contribution < 1.29 is 4.79 Å². The molecule has 4 nitrogen and oxygen atoms in total. The number of nitrogens with two attached hydrogens (primary N) is 2. The van der Waals surface area contributed by atoms with Gasteiger partial charge in [-0.1, -0.05) is 6.92 Å². The van der Waals surface area contributed by atoms with Crippen molar-refractivity contribution in [2.24, 2.45) is 5.73 Å². The van der Waals surface area contributed by atoms with E-state index in [4.69, 9.17) is 11.5 Å². The van der Waals surface area contributed by atoms with Crippen LogP contribution in [0.5, 0.6) is 0 Å². The number of hydrogen-bond donors (Lipinski definition) is 3. The number of rotatable bonds is 4. The normalized spacial score (nSPS) is 10.0. The molecule has 0 aromatic heterocycles. The Morgan fingerprint density at radius 3 is 2.60 bits per heavy atom. The smallest absolute Gasteiger partial charge is 0.248 e. The molecule has 0 spiro atoms. The number of nitrogen functional groups attached to an aromatic ring is 1. The molecule has 0 bridgehead atoms. The predicted octanol–water partition coefficient (Wildman–Crippen LogP) is 1.50. The molecule has 0 aliphatic rings. The van der Waals surface area contributed by atoms with Crippen LogP contribution in [0.2, 0.25) is 0 Å². The summed E-state index contributed by atoms with van der Waals surface area (Å²) in [6.45, 7) is 4.85. The number of carbonyl (C=O) groups excluding carboxylic acids is 1. The molecule has 0 aliphatic heterocycles. The molecule has 82 valence electrons. The van der Waals surface area contributed by atoms with Gasteiger partial charge in [-0.3, -0.25) is 4.79 Å². The summed E-state index contributed by atoms with van der Waals surface area (Å²) in [5, 5.41) is 3.22. The van der Waals surface area contributed by atoms with Crippen LogP contribution >= 0.6 is 0 Å². The van der Waals surface area contributed by atoms with Gasteiger partial charge in [0.25, 0.3) is 0 Å². The van der Waals surface area contributed by atoms with E-state index in [1.807, 2.05) is 6.92 Å². The zero-order valence-electron chi connectivity index (χ0n) is 9.13. The van der Waals surface area contributed by atoms with Crippen molar-refractivity contribution in [3.63, 3.8) is 0 Å². The summed E-state index contributed by atoms with van der Waals surface area (Å²) < 4.78 is 0. The van der Waals surface area contributed by atoms with Gasteiger partial charge in [0.2, 0.25) is 5.91 Å². The van der Waals surface area contributed by atoms with Gasteiger partial charge in [-0.05, 0) is 31.0 Å². The third-order valence-corrected chi connectivity index (χ3v) is 2.20. The first-order chi connectivity index (χ1) is 7.06. The lowest BCUT2D eigenvalue weighted by Crippen LogP contribution is -2.13. The van der Waals surface area contributed by atoms with Crippen molar-refractivity contribution in [3.05, 3.63) is 23.3 Å². The Balaban J connectivity index is 3.04. The van der Waals surface area contributed by atoms with E-state index in [2.05, 4.69) is 12.2 Å². The topological polar surface area (TPSA) is 81.1 Å². The Hall–Kier alpha value is -1.71. The minimum Gasteiger partial charge on any atom is -0.397 e. The maximum absolute atomic E-state index is 11.0. The van der Waals surface area contributed by atoms with Gasteiger partial charge in [0, 0.05) is 12.1 Å². The highest BCUT2D eigenvalue weighted by molar-refractivity contribution is 5.95. The van der Waals surface area contributed by atoms with Crippen molar-refractivity contribution in [1.82, 2.24) is 0 Å². The minimum atomic E-state index is -0.452. The number of carbonyl (C=O) groups is 1. The van der Waals surface area contributed by atoms with Crippen LogP contribution in [-0.4, -0.2) is 12.5 Å². The second-order valence-corrected chi connectivity index (χ2v) is 3.55. The maximum atomic E-state index is 11.0. The van der Waals surface area contributed by atoms with Crippen LogP contribution in [0.4, 0.5) is 11.4 Å². The summed E-state index contributed by atoms with van der Waals surface area (Å²) in [5.74, 6) is -0.452. The maximum Gasteiger partial charge on any atom is 0.248 e. The molecule has 0 unspecified atom stereocenters. The van der Waals surface area contributed by atoms with Crippen molar-refractivity contribution >= 4 is 17.3 Å². The number of anilines is 2. The number of hydrogen-bond acceptors (Lipinski definition) is 3. The Kier molecular flexibility index (Phi) is 3.55. The fourth-order valence-electron chi connectivity index (χ4n) is 1.45. The minimum absolute atomic E-state index is 0.451. The van der Waals surface area contributed by atoms with Crippen LogP contribution in [0.3, 0.4) is 0 Å². The van der Waals surface area contributed by atoms with Crippen LogP contribution in [-0.2, 0) is 0 Å². The van der Waals surface area contributed by atoms with Gasteiger partial charge in [-0.15, -0.1) is 0 Å². The van der Waals surface area contributed by atoms with Gasteiger partial charge in [-0.25, -0.2) is 0 Å². The molecule has 0 aliphatic carbocycles. The molecule has 1 aromatic carbocycles. The molecule has 0 heterocycles. The molecule has 0 atom stereocenters. The zero-order chi connectivity index (χ0) is 11.4. The summed E-state index contributed by atoms with van der Waals surface area (Å²) in [6, 6.07) is 3.35. The van der Waals surface area contributed by atoms with E-state index in [-0.39, 0.29) is 0 Å². The fraction of sp³-hybridized carbons (Fsp3) is 0.364. The molecule has 0 saturated carbocycles. The van der Waals surface area contributed by atoms with Crippen LogP contribution in [0.1, 0.15) is 29.3 Å². The van der Waals surface area contributed by atoms with Gasteiger partial charge in [0.1, 0.15) is 0 Å². The van der Waals surface area contributed by atoms with Crippen LogP contribution in [0.25, 0.3) is 0 Å². The second kappa shape index (κ2) is 4.68. The second-order valence-electron chi connectivity index (χ2n) is 3.55. The summed E-state index contributed by atoms with van der Waals surface area (Å²) >= 11 is 0. The fourth-order valence-corrected chi connectivity index (χ4v) is 1.45. The van der Waals surface area contributed by atoms with Crippen molar-refractivity contribution in [2.45, 2.75) is 20.3 Å². The van der Waals surface area contributed by atoms with Gasteiger partial charge in [0.05, 0.1) is 11.4 Å². The van der Waals surface area contributed by atoms with E-state index in [1.165, 1.54) is 0 Å².